The second kappa shape index (κ2) is 9.82. The molecule has 1 N–H and O–H groups in total. The Labute approximate surface area is 155 Å². The second-order valence-corrected chi connectivity index (χ2v) is 6.37. The van der Waals surface area contributed by atoms with Gasteiger partial charge in [0, 0.05) is 18.5 Å². The molecule has 0 spiro atoms. The maximum atomic E-state index is 12.3. The lowest BCUT2D eigenvalue weighted by Crippen LogP contribution is -2.34. The van der Waals surface area contributed by atoms with Gasteiger partial charge in [0.2, 0.25) is 5.91 Å². The van der Waals surface area contributed by atoms with Crippen LogP contribution in [0, 0.1) is 0 Å². The van der Waals surface area contributed by atoms with Gasteiger partial charge in [0.25, 0.3) is 0 Å². The van der Waals surface area contributed by atoms with Crippen LogP contribution in [0.1, 0.15) is 23.6 Å². The van der Waals surface area contributed by atoms with E-state index in [9.17, 15) is 4.79 Å². The Kier molecular flexibility index (Phi) is 7.48. The van der Waals surface area contributed by atoms with Crippen LogP contribution >= 0.6 is 0 Å². The summed E-state index contributed by atoms with van der Waals surface area (Å²) < 4.78 is 10.6. The van der Waals surface area contributed by atoms with Gasteiger partial charge >= 0.3 is 0 Å². The first kappa shape index (κ1) is 19.8. The molecule has 0 heterocycles. The van der Waals surface area contributed by atoms with Crippen molar-refractivity contribution in [2.75, 3.05) is 34.9 Å². The van der Waals surface area contributed by atoms with E-state index < -0.39 is 0 Å². The zero-order valence-electron chi connectivity index (χ0n) is 16.0. The van der Waals surface area contributed by atoms with E-state index in [1.165, 1.54) is 0 Å². The number of carbonyl (C=O) groups excluding carboxylic acids is 1. The van der Waals surface area contributed by atoms with Crippen molar-refractivity contribution in [1.82, 2.24) is 10.2 Å². The summed E-state index contributed by atoms with van der Waals surface area (Å²) in [4.78, 5) is 14.4. The molecule has 26 heavy (non-hydrogen) atoms. The summed E-state index contributed by atoms with van der Waals surface area (Å²) in [6.45, 7) is 0.537. The number of methoxy groups -OCH3 is 2. The maximum Gasteiger partial charge on any atom is 0.220 e. The quantitative estimate of drug-likeness (QED) is 0.750. The van der Waals surface area contributed by atoms with Crippen LogP contribution < -0.4 is 14.8 Å². The number of para-hydroxylation sites is 1. The van der Waals surface area contributed by atoms with Crippen molar-refractivity contribution in [3.8, 4) is 11.5 Å². The highest BCUT2D eigenvalue weighted by atomic mass is 16.5. The first-order chi connectivity index (χ1) is 12.5. The number of carbonyl (C=O) groups is 1. The standard InChI is InChI=1S/C21H28N2O3/c1-23(2)19(18-7-5-6-8-20(18)26-4)15-22-21(24)14-11-16-9-12-17(25-3)13-10-16/h5-10,12-13,19H,11,14-15H2,1-4H3,(H,22,24). The van der Waals surface area contributed by atoms with Gasteiger partial charge in [-0.1, -0.05) is 30.3 Å². The summed E-state index contributed by atoms with van der Waals surface area (Å²) >= 11 is 0. The van der Waals surface area contributed by atoms with Crippen LogP contribution in [0.3, 0.4) is 0 Å². The van der Waals surface area contributed by atoms with E-state index in [0.717, 1.165) is 22.6 Å². The highest BCUT2D eigenvalue weighted by molar-refractivity contribution is 5.76. The number of hydrogen-bond donors (Lipinski definition) is 1. The molecule has 0 aliphatic rings. The predicted octanol–water partition coefficient (Wildman–Crippen LogP) is 3.06. The minimum Gasteiger partial charge on any atom is -0.497 e. The molecule has 2 aromatic rings. The number of benzene rings is 2. The van der Waals surface area contributed by atoms with E-state index in [1.807, 2.05) is 62.6 Å². The Morgan fingerprint density at radius 3 is 2.35 bits per heavy atom. The third-order valence-corrected chi connectivity index (χ3v) is 4.41. The van der Waals surface area contributed by atoms with Crippen molar-refractivity contribution >= 4 is 5.91 Å². The van der Waals surface area contributed by atoms with Crippen molar-refractivity contribution in [1.29, 1.82) is 0 Å². The number of aryl methyl sites for hydroxylation is 1. The number of amides is 1. The van der Waals surface area contributed by atoms with Gasteiger partial charge in [0.15, 0.2) is 0 Å². The maximum absolute atomic E-state index is 12.3. The minimum atomic E-state index is 0.0440. The number of nitrogens with zero attached hydrogens (tertiary/aromatic N) is 1. The Morgan fingerprint density at radius 1 is 1.04 bits per heavy atom. The summed E-state index contributed by atoms with van der Waals surface area (Å²) in [6.07, 6.45) is 1.16. The molecule has 0 radical (unpaired) electrons. The Bertz CT molecular complexity index is 699. The number of nitrogens with one attached hydrogen (secondary N) is 1. The fraction of sp³-hybridized carbons (Fsp3) is 0.381. The van der Waals surface area contributed by atoms with E-state index in [4.69, 9.17) is 9.47 Å². The summed E-state index contributed by atoms with van der Waals surface area (Å²) in [7, 11) is 7.31. The molecule has 0 bridgehead atoms. The van der Waals surface area contributed by atoms with Crippen LogP contribution in [0.25, 0.3) is 0 Å². The third kappa shape index (κ3) is 5.49. The predicted molar refractivity (Wildman–Crippen MR) is 104 cm³/mol. The molecule has 0 aromatic heterocycles. The van der Waals surface area contributed by atoms with E-state index in [0.29, 0.717) is 19.4 Å². The number of hydrogen-bond acceptors (Lipinski definition) is 4. The van der Waals surface area contributed by atoms with Crippen LogP contribution in [0.4, 0.5) is 0 Å². The minimum absolute atomic E-state index is 0.0440. The van der Waals surface area contributed by atoms with Gasteiger partial charge < -0.3 is 19.7 Å². The molecule has 2 rings (SSSR count). The van der Waals surface area contributed by atoms with Crippen LogP contribution in [-0.2, 0) is 11.2 Å². The van der Waals surface area contributed by atoms with Crippen LogP contribution in [0.5, 0.6) is 11.5 Å². The van der Waals surface area contributed by atoms with Crippen molar-refractivity contribution < 1.29 is 14.3 Å². The summed E-state index contributed by atoms with van der Waals surface area (Å²) in [6, 6.07) is 15.8. The SMILES string of the molecule is COc1ccc(CCC(=O)NCC(c2ccccc2OC)N(C)C)cc1. The second-order valence-electron chi connectivity index (χ2n) is 6.37. The summed E-state index contributed by atoms with van der Waals surface area (Å²) in [5, 5.41) is 3.05. The van der Waals surface area contributed by atoms with Crippen LogP contribution in [0.2, 0.25) is 0 Å². The van der Waals surface area contributed by atoms with Gasteiger partial charge in [-0.15, -0.1) is 0 Å². The molecule has 0 fully saturated rings. The number of rotatable bonds is 9. The molecule has 0 aliphatic carbocycles. The molecular weight excluding hydrogens is 328 g/mol. The van der Waals surface area contributed by atoms with E-state index >= 15 is 0 Å². The molecule has 1 amide bonds. The molecule has 5 nitrogen and oxygen atoms in total. The monoisotopic (exact) mass is 356 g/mol. The summed E-state index contributed by atoms with van der Waals surface area (Å²) in [5.74, 6) is 1.70. The Morgan fingerprint density at radius 2 is 1.73 bits per heavy atom. The topological polar surface area (TPSA) is 50.8 Å². The van der Waals surface area contributed by atoms with Crippen molar-refractivity contribution in [2.45, 2.75) is 18.9 Å². The van der Waals surface area contributed by atoms with Gasteiger partial charge in [-0.05, 0) is 44.3 Å². The molecule has 140 valence electrons. The van der Waals surface area contributed by atoms with Gasteiger partial charge in [-0.25, -0.2) is 0 Å². The zero-order valence-corrected chi connectivity index (χ0v) is 16.0. The zero-order chi connectivity index (χ0) is 18.9. The summed E-state index contributed by atoms with van der Waals surface area (Å²) in [5.41, 5.74) is 2.19. The van der Waals surface area contributed by atoms with Crippen molar-refractivity contribution in [3.05, 3.63) is 59.7 Å². The van der Waals surface area contributed by atoms with Gasteiger partial charge in [0.05, 0.1) is 20.3 Å². The molecular formula is C21H28N2O3. The molecule has 5 heteroatoms. The lowest BCUT2D eigenvalue weighted by molar-refractivity contribution is -0.121. The number of ether oxygens (including phenoxy) is 2. The van der Waals surface area contributed by atoms with E-state index in [2.05, 4.69) is 10.2 Å². The smallest absolute Gasteiger partial charge is 0.220 e. The van der Waals surface area contributed by atoms with Crippen molar-refractivity contribution in [2.24, 2.45) is 0 Å². The highest BCUT2D eigenvalue weighted by Crippen LogP contribution is 2.27. The fourth-order valence-corrected chi connectivity index (χ4v) is 2.86. The fourth-order valence-electron chi connectivity index (χ4n) is 2.86. The average molecular weight is 356 g/mol. The molecule has 2 aromatic carbocycles. The van der Waals surface area contributed by atoms with Crippen LogP contribution in [0.15, 0.2) is 48.5 Å². The normalized spacial score (nSPS) is 11.9. The van der Waals surface area contributed by atoms with Gasteiger partial charge in [-0.2, -0.15) is 0 Å². The van der Waals surface area contributed by atoms with Crippen molar-refractivity contribution in [3.63, 3.8) is 0 Å². The van der Waals surface area contributed by atoms with E-state index in [-0.39, 0.29) is 11.9 Å². The average Bonchev–Trinajstić information content (AvgIpc) is 2.67. The van der Waals surface area contributed by atoms with Crippen LogP contribution in [-0.4, -0.2) is 45.7 Å². The number of likely N-dealkylation sites (N-methyl/N-ethyl adjacent to an activating group) is 1. The first-order valence-electron chi connectivity index (χ1n) is 8.74. The van der Waals surface area contributed by atoms with E-state index in [1.54, 1.807) is 14.2 Å². The third-order valence-electron chi connectivity index (χ3n) is 4.41. The molecule has 1 unspecified atom stereocenters. The van der Waals surface area contributed by atoms with Gasteiger partial charge in [0.1, 0.15) is 11.5 Å². The first-order valence-corrected chi connectivity index (χ1v) is 8.74. The Balaban J connectivity index is 1.90. The molecule has 0 saturated carbocycles. The molecule has 0 saturated heterocycles. The van der Waals surface area contributed by atoms with Gasteiger partial charge in [-0.3, -0.25) is 4.79 Å². The molecule has 1 atom stereocenters. The highest BCUT2D eigenvalue weighted by Gasteiger charge is 2.18. The lowest BCUT2D eigenvalue weighted by Gasteiger charge is -2.26. The lowest BCUT2D eigenvalue weighted by atomic mass is 10.0. The molecule has 0 aliphatic heterocycles. The Hall–Kier alpha value is -2.53. The largest absolute Gasteiger partial charge is 0.497 e.